The van der Waals surface area contributed by atoms with Gasteiger partial charge >= 0.3 is 0 Å². The largest absolute Gasteiger partial charge is 0.353 e. The first-order valence-corrected chi connectivity index (χ1v) is 4.20. The molecule has 4 heteroatoms. The van der Waals surface area contributed by atoms with Gasteiger partial charge in [0.25, 0.3) is 0 Å². The van der Waals surface area contributed by atoms with Gasteiger partial charge in [-0.25, -0.2) is 0 Å². The Labute approximate surface area is 78.4 Å². The standard InChI is InChI=1S/C7H12N2S2/c1-5(2)7(3,4-8)9-6(10)11/h5H,1-3H3,(H2,9,10,11). The molecule has 0 aliphatic carbocycles. The smallest absolute Gasteiger partial charge is 0.131 e. The number of rotatable bonds is 2. The molecule has 0 spiro atoms. The lowest BCUT2D eigenvalue weighted by molar-refractivity contribution is 0.393. The van der Waals surface area contributed by atoms with E-state index in [1.165, 1.54) is 0 Å². The zero-order chi connectivity index (χ0) is 9.07. The number of thiocarbonyl (C=S) groups is 1. The molecule has 0 aliphatic rings. The van der Waals surface area contributed by atoms with Crippen molar-refractivity contribution in [3.63, 3.8) is 0 Å². The molecular weight excluding hydrogens is 176 g/mol. The van der Waals surface area contributed by atoms with Crippen molar-refractivity contribution >= 4 is 29.2 Å². The summed E-state index contributed by atoms with van der Waals surface area (Å²) in [7, 11) is 0. The predicted molar refractivity (Wildman–Crippen MR) is 53.6 cm³/mol. The molecular formula is C7H12N2S2. The van der Waals surface area contributed by atoms with Gasteiger partial charge in [-0.3, -0.25) is 0 Å². The Bertz CT molecular complexity index is 195. The lowest BCUT2D eigenvalue weighted by atomic mass is 9.90. The average molecular weight is 188 g/mol. The molecule has 0 rings (SSSR count). The Morgan fingerprint density at radius 3 is 2.27 bits per heavy atom. The monoisotopic (exact) mass is 188 g/mol. The molecule has 11 heavy (non-hydrogen) atoms. The van der Waals surface area contributed by atoms with Crippen LogP contribution < -0.4 is 5.32 Å². The summed E-state index contributed by atoms with van der Waals surface area (Å²) in [6.45, 7) is 5.73. The topological polar surface area (TPSA) is 35.8 Å². The van der Waals surface area contributed by atoms with Crippen LogP contribution in [-0.2, 0) is 0 Å². The van der Waals surface area contributed by atoms with Gasteiger partial charge in [-0.05, 0) is 12.8 Å². The average Bonchev–Trinajstić information content (AvgIpc) is 1.86. The van der Waals surface area contributed by atoms with Crippen molar-refractivity contribution in [2.45, 2.75) is 26.3 Å². The highest BCUT2D eigenvalue weighted by Gasteiger charge is 2.27. The van der Waals surface area contributed by atoms with Crippen molar-refractivity contribution in [1.29, 1.82) is 5.26 Å². The predicted octanol–water partition coefficient (Wildman–Crippen LogP) is 1.73. The minimum atomic E-state index is -0.598. The lowest BCUT2D eigenvalue weighted by Gasteiger charge is -2.27. The van der Waals surface area contributed by atoms with E-state index in [-0.39, 0.29) is 5.92 Å². The van der Waals surface area contributed by atoms with Crippen LogP contribution in [0.2, 0.25) is 0 Å². The van der Waals surface area contributed by atoms with Gasteiger partial charge < -0.3 is 5.32 Å². The van der Waals surface area contributed by atoms with Crippen LogP contribution in [0.4, 0.5) is 0 Å². The molecule has 0 aliphatic heterocycles. The molecule has 1 N–H and O–H groups in total. The highest BCUT2D eigenvalue weighted by molar-refractivity contribution is 8.11. The van der Waals surface area contributed by atoms with Crippen LogP contribution in [0.1, 0.15) is 20.8 Å². The summed E-state index contributed by atoms with van der Waals surface area (Å²) in [5.74, 6) is 0.206. The first kappa shape index (κ1) is 10.7. The van der Waals surface area contributed by atoms with Gasteiger partial charge in [-0.15, -0.1) is 12.6 Å². The third-order valence-corrected chi connectivity index (χ3v) is 1.97. The van der Waals surface area contributed by atoms with E-state index in [1.54, 1.807) is 6.92 Å². The zero-order valence-electron chi connectivity index (χ0n) is 6.88. The van der Waals surface area contributed by atoms with Crippen LogP contribution in [0.25, 0.3) is 0 Å². The fourth-order valence-corrected chi connectivity index (χ4v) is 0.968. The molecule has 1 unspecified atom stereocenters. The summed E-state index contributed by atoms with van der Waals surface area (Å²) in [6.07, 6.45) is 0. The number of hydrogen-bond acceptors (Lipinski definition) is 2. The first-order valence-electron chi connectivity index (χ1n) is 3.34. The van der Waals surface area contributed by atoms with Crippen LogP contribution in [-0.4, -0.2) is 9.86 Å². The maximum absolute atomic E-state index is 8.80. The number of nitrogens with zero attached hydrogens (tertiary/aromatic N) is 1. The van der Waals surface area contributed by atoms with Gasteiger partial charge in [0.15, 0.2) is 0 Å². The summed E-state index contributed by atoms with van der Waals surface area (Å²) in [5.41, 5.74) is -0.598. The van der Waals surface area contributed by atoms with Gasteiger partial charge in [0.1, 0.15) is 9.86 Å². The first-order chi connectivity index (χ1) is 4.92. The van der Waals surface area contributed by atoms with Crippen molar-refractivity contribution in [2.75, 3.05) is 0 Å². The summed E-state index contributed by atoms with van der Waals surface area (Å²) in [6, 6.07) is 2.16. The van der Waals surface area contributed by atoms with Crippen LogP contribution in [0.3, 0.4) is 0 Å². The van der Waals surface area contributed by atoms with Gasteiger partial charge in [0, 0.05) is 0 Å². The van der Waals surface area contributed by atoms with Crippen molar-refractivity contribution in [3.05, 3.63) is 0 Å². The van der Waals surface area contributed by atoms with Crippen molar-refractivity contribution in [2.24, 2.45) is 5.92 Å². The quantitative estimate of drug-likeness (QED) is 0.512. The zero-order valence-corrected chi connectivity index (χ0v) is 8.59. The van der Waals surface area contributed by atoms with Crippen LogP contribution in [0.15, 0.2) is 0 Å². The van der Waals surface area contributed by atoms with Crippen LogP contribution in [0.5, 0.6) is 0 Å². The molecule has 62 valence electrons. The summed E-state index contributed by atoms with van der Waals surface area (Å²) < 4.78 is 0.364. The van der Waals surface area contributed by atoms with E-state index in [2.05, 4.69) is 24.0 Å². The molecule has 0 amide bonds. The number of nitrogens with one attached hydrogen (secondary N) is 1. The molecule has 0 bridgehead atoms. The van der Waals surface area contributed by atoms with Gasteiger partial charge in [-0.1, -0.05) is 26.1 Å². The van der Waals surface area contributed by atoms with Crippen LogP contribution in [0, 0.1) is 17.2 Å². The fourth-order valence-electron chi connectivity index (χ4n) is 0.524. The second-order valence-electron chi connectivity index (χ2n) is 2.90. The van der Waals surface area contributed by atoms with E-state index >= 15 is 0 Å². The molecule has 0 aromatic carbocycles. The lowest BCUT2D eigenvalue weighted by Crippen LogP contribution is -2.46. The van der Waals surface area contributed by atoms with E-state index in [4.69, 9.17) is 17.5 Å². The minimum absolute atomic E-state index is 0.206. The van der Waals surface area contributed by atoms with Crippen molar-refractivity contribution in [1.82, 2.24) is 5.32 Å². The molecule has 0 aromatic heterocycles. The van der Waals surface area contributed by atoms with E-state index in [9.17, 15) is 0 Å². The maximum atomic E-state index is 8.80. The molecule has 0 saturated heterocycles. The van der Waals surface area contributed by atoms with Crippen molar-refractivity contribution in [3.8, 4) is 6.07 Å². The Morgan fingerprint density at radius 2 is 2.18 bits per heavy atom. The van der Waals surface area contributed by atoms with Gasteiger partial charge in [0.2, 0.25) is 0 Å². The SMILES string of the molecule is CC(C)C(C)(C#N)NC(=S)S. The third-order valence-electron chi connectivity index (χ3n) is 1.75. The van der Waals surface area contributed by atoms with E-state index in [0.29, 0.717) is 4.32 Å². The molecule has 0 saturated carbocycles. The molecule has 2 nitrogen and oxygen atoms in total. The van der Waals surface area contributed by atoms with Gasteiger partial charge in [-0.2, -0.15) is 5.26 Å². The van der Waals surface area contributed by atoms with Crippen LogP contribution >= 0.6 is 24.8 Å². The number of nitriles is 1. The van der Waals surface area contributed by atoms with Gasteiger partial charge in [0.05, 0.1) is 6.07 Å². The second kappa shape index (κ2) is 3.93. The molecule has 0 fully saturated rings. The van der Waals surface area contributed by atoms with E-state index in [1.807, 2.05) is 13.8 Å². The normalized spacial score (nSPS) is 15.3. The fraction of sp³-hybridized carbons (Fsp3) is 0.714. The third kappa shape index (κ3) is 3.08. The molecule has 1 atom stereocenters. The highest BCUT2D eigenvalue weighted by Crippen LogP contribution is 2.15. The Hall–Kier alpha value is -0.270. The number of thiol groups is 1. The summed E-state index contributed by atoms with van der Waals surface area (Å²) in [4.78, 5) is 0. The number of hydrogen-bond donors (Lipinski definition) is 2. The Balaban J connectivity index is 4.38. The Kier molecular flexibility index (Phi) is 3.84. The van der Waals surface area contributed by atoms with Crippen molar-refractivity contribution < 1.29 is 0 Å². The second-order valence-corrected chi connectivity index (χ2v) is 4.06. The van der Waals surface area contributed by atoms with E-state index < -0.39 is 5.54 Å². The highest BCUT2D eigenvalue weighted by atomic mass is 32.1. The maximum Gasteiger partial charge on any atom is 0.131 e. The molecule has 0 heterocycles. The summed E-state index contributed by atoms with van der Waals surface area (Å²) >= 11 is 8.64. The van der Waals surface area contributed by atoms with E-state index in [0.717, 1.165) is 0 Å². The summed E-state index contributed by atoms with van der Waals surface area (Å²) in [5, 5.41) is 11.6. The molecule has 0 radical (unpaired) electrons. The minimum Gasteiger partial charge on any atom is -0.353 e. The Morgan fingerprint density at radius 1 is 1.73 bits per heavy atom. The molecule has 0 aromatic rings.